The maximum atomic E-state index is 13.0. The van der Waals surface area contributed by atoms with E-state index >= 15 is 0 Å². The molecule has 1 aliphatic heterocycles. The lowest BCUT2D eigenvalue weighted by molar-refractivity contribution is -0.137. The van der Waals surface area contributed by atoms with Crippen LogP contribution in [0.3, 0.4) is 0 Å². The van der Waals surface area contributed by atoms with Crippen molar-refractivity contribution in [3.05, 3.63) is 56.7 Å². The molecule has 6 heteroatoms. The first-order valence-electron chi connectivity index (χ1n) is 8.29. The number of nitrogens with zero attached hydrogens (tertiary/aromatic N) is 2. The van der Waals surface area contributed by atoms with Gasteiger partial charge in [0, 0.05) is 26.2 Å². The Morgan fingerprint density at radius 3 is 2.12 bits per heavy atom. The highest BCUT2D eigenvalue weighted by atomic mass is 79.9. The van der Waals surface area contributed by atoms with Gasteiger partial charge in [-0.05, 0) is 47.5 Å². The first kappa shape index (κ1) is 18.1. The monoisotopic (exact) mass is 420 g/mol. The molecule has 132 valence electrons. The molecule has 0 saturated carbocycles. The second-order valence-electron chi connectivity index (χ2n) is 6.68. The van der Waals surface area contributed by atoms with E-state index < -0.39 is 5.41 Å². The van der Waals surface area contributed by atoms with Crippen molar-refractivity contribution in [2.75, 3.05) is 26.2 Å². The summed E-state index contributed by atoms with van der Waals surface area (Å²) in [5.74, 6) is 0.162. The Kier molecular flexibility index (Phi) is 5.29. The second kappa shape index (κ2) is 7.30. The number of piperazine rings is 1. The molecule has 1 fully saturated rings. The molecule has 1 aliphatic rings. The number of rotatable bonds is 3. The van der Waals surface area contributed by atoms with E-state index in [1.165, 1.54) is 11.3 Å². The SMILES string of the molecule is CC(C)(C(=O)N1CCN(C(=O)c2ccc(Br)s2)CC1)c1ccccc1. The van der Waals surface area contributed by atoms with Crippen LogP contribution in [0.1, 0.15) is 29.1 Å². The van der Waals surface area contributed by atoms with Crippen molar-refractivity contribution in [3.8, 4) is 0 Å². The fourth-order valence-electron chi connectivity index (χ4n) is 3.07. The Balaban J connectivity index is 1.64. The van der Waals surface area contributed by atoms with Gasteiger partial charge in [-0.2, -0.15) is 0 Å². The molecule has 4 nitrogen and oxygen atoms in total. The summed E-state index contributed by atoms with van der Waals surface area (Å²) in [4.78, 5) is 29.9. The molecule has 1 saturated heterocycles. The van der Waals surface area contributed by atoms with E-state index in [0.29, 0.717) is 26.2 Å². The predicted octanol–water partition coefficient (Wildman–Crippen LogP) is 3.77. The van der Waals surface area contributed by atoms with Crippen LogP contribution in [0.15, 0.2) is 46.3 Å². The van der Waals surface area contributed by atoms with Crippen molar-refractivity contribution in [2.45, 2.75) is 19.3 Å². The molecule has 0 unspecified atom stereocenters. The molecule has 0 spiro atoms. The largest absolute Gasteiger partial charge is 0.338 e. The van der Waals surface area contributed by atoms with Gasteiger partial charge in [0.2, 0.25) is 5.91 Å². The number of thiophene rings is 1. The zero-order chi connectivity index (χ0) is 18.0. The number of halogens is 1. The number of hydrogen-bond acceptors (Lipinski definition) is 3. The van der Waals surface area contributed by atoms with Gasteiger partial charge < -0.3 is 9.80 Å². The molecule has 1 aromatic carbocycles. The molecular formula is C19H21BrN2O2S. The molecule has 2 aromatic rings. The highest BCUT2D eigenvalue weighted by Gasteiger charge is 2.35. The van der Waals surface area contributed by atoms with Gasteiger partial charge in [-0.1, -0.05) is 30.3 Å². The molecule has 0 N–H and O–H groups in total. The third kappa shape index (κ3) is 3.80. The Labute approximate surface area is 160 Å². The molecule has 0 bridgehead atoms. The van der Waals surface area contributed by atoms with Crippen molar-refractivity contribution in [1.82, 2.24) is 9.80 Å². The van der Waals surface area contributed by atoms with Gasteiger partial charge in [-0.15, -0.1) is 11.3 Å². The van der Waals surface area contributed by atoms with Crippen LogP contribution in [-0.4, -0.2) is 47.8 Å². The van der Waals surface area contributed by atoms with E-state index in [4.69, 9.17) is 0 Å². The summed E-state index contributed by atoms with van der Waals surface area (Å²) in [7, 11) is 0. The standard InChI is InChI=1S/C19H21BrN2O2S/c1-19(2,14-6-4-3-5-7-14)18(24)22-12-10-21(11-13-22)17(23)15-8-9-16(20)25-15/h3-9H,10-13H2,1-2H3. The molecule has 0 aliphatic carbocycles. The van der Waals surface area contributed by atoms with Crippen molar-refractivity contribution >= 4 is 39.1 Å². The lowest BCUT2D eigenvalue weighted by Gasteiger charge is -2.38. The van der Waals surface area contributed by atoms with Gasteiger partial charge in [-0.25, -0.2) is 0 Å². The minimum absolute atomic E-state index is 0.0464. The van der Waals surface area contributed by atoms with Crippen LogP contribution in [0.25, 0.3) is 0 Å². The van der Waals surface area contributed by atoms with Gasteiger partial charge in [0.25, 0.3) is 5.91 Å². The summed E-state index contributed by atoms with van der Waals surface area (Å²) in [6, 6.07) is 13.6. The summed E-state index contributed by atoms with van der Waals surface area (Å²) in [5, 5.41) is 0. The molecule has 0 radical (unpaired) electrons. The summed E-state index contributed by atoms with van der Waals surface area (Å²) < 4.78 is 0.953. The summed E-state index contributed by atoms with van der Waals surface area (Å²) in [6.45, 7) is 6.23. The van der Waals surface area contributed by atoms with Gasteiger partial charge >= 0.3 is 0 Å². The lowest BCUT2D eigenvalue weighted by atomic mass is 9.83. The van der Waals surface area contributed by atoms with Gasteiger partial charge in [0.1, 0.15) is 0 Å². The number of amides is 2. The Hall–Kier alpha value is -1.66. The Morgan fingerprint density at radius 2 is 1.56 bits per heavy atom. The van der Waals surface area contributed by atoms with Gasteiger partial charge in [-0.3, -0.25) is 9.59 Å². The molecular weight excluding hydrogens is 400 g/mol. The van der Waals surface area contributed by atoms with Crippen LogP contribution in [0.2, 0.25) is 0 Å². The van der Waals surface area contributed by atoms with Crippen LogP contribution < -0.4 is 0 Å². The minimum atomic E-state index is -0.563. The third-order valence-electron chi connectivity index (χ3n) is 4.67. The fraction of sp³-hybridized carbons (Fsp3) is 0.368. The number of carbonyl (C=O) groups is 2. The third-order valence-corrected chi connectivity index (χ3v) is 6.28. The number of hydrogen-bond donors (Lipinski definition) is 0. The topological polar surface area (TPSA) is 40.6 Å². The van der Waals surface area contributed by atoms with Crippen LogP contribution in [0, 0.1) is 0 Å². The average molecular weight is 421 g/mol. The number of benzene rings is 1. The van der Waals surface area contributed by atoms with E-state index in [2.05, 4.69) is 15.9 Å². The highest BCUT2D eigenvalue weighted by Crippen LogP contribution is 2.27. The van der Waals surface area contributed by atoms with E-state index in [9.17, 15) is 9.59 Å². The van der Waals surface area contributed by atoms with E-state index in [-0.39, 0.29) is 11.8 Å². The summed E-state index contributed by atoms with van der Waals surface area (Å²) in [5.41, 5.74) is 0.452. The zero-order valence-electron chi connectivity index (χ0n) is 14.4. The maximum absolute atomic E-state index is 13.0. The molecule has 2 heterocycles. The zero-order valence-corrected chi connectivity index (χ0v) is 16.8. The minimum Gasteiger partial charge on any atom is -0.338 e. The average Bonchev–Trinajstić information content (AvgIpc) is 3.07. The fourth-order valence-corrected chi connectivity index (χ4v) is 4.43. The highest BCUT2D eigenvalue weighted by molar-refractivity contribution is 9.11. The van der Waals surface area contributed by atoms with Gasteiger partial charge in [0.05, 0.1) is 14.1 Å². The smallest absolute Gasteiger partial charge is 0.264 e. The predicted molar refractivity (Wildman–Crippen MR) is 104 cm³/mol. The van der Waals surface area contributed by atoms with Crippen molar-refractivity contribution in [3.63, 3.8) is 0 Å². The normalized spacial score (nSPS) is 15.3. The van der Waals surface area contributed by atoms with Crippen molar-refractivity contribution < 1.29 is 9.59 Å². The Morgan fingerprint density at radius 1 is 0.960 bits per heavy atom. The van der Waals surface area contributed by atoms with Crippen LogP contribution >= 0.6 is 27.3 Å². The maximum Gasteiger partial charge on any atom is 0.264 e. The van der Waals surface area contributed by atoms with E-state index in [0.717, 1.165) is 14.2 Å². The first-order valence-corrected chi connectivity index (χ1v) is 9.90. The van der Waals surface area contributed by atoms with E-state index in [1.54, 1.807) is 0 Å². The molecule has 0 atom stereocenters. The summed E-state index contributed by atoms with van der Waals surface area (Å²) in [6.07, 6.45) is 0. The molecule has 3 rings (SSSR count). The summed E-state index contributed by atoms with van der Waals surface area (Å²) >= 11 is 4.84. The van der Waals surface area contributed by atoms with Crippen molar-refractivity contribution in [1.29, 1.82) is 0 Å². The van der Waals surface area contributed by atoms with Crippen LogP contribution in [0.5, 0.6) is 0 Å². The number of carbonyl (C=O) groups excluding carboxylic acids is 2. The quantitative estimate of drug-likeness (QED) is 0.757. The molecule has 25 heavy (non-hydrogen) atoms. The van der Waals surface area contributed by atoms with Crippen LogP contribution in [0.4, 0.5) is 0 Å². The lowest BCUT2D eigenvalue weighted by Crippen LogP contribution is -2.54. The second-order valence-corrected chi connectivity index (χ2v) is 9.14. The van der Waals surface area contributed by atoms with Gasteiger partial charge in [0.15, 0.2) is 0 Å². The first-order chi connectivity index (χ1) is 11.9. The van der Waals surface area contributed by atoms with E-state index in [1.807, 2.05) is 66.1 Å². The molecule has 1 aromatic heterocycles. The van der Waals surface area contributed by atoms with Crippen molar-refractivity contribution in [2.24, 2.45) is 0 Å². The molecule has 2 amide bonds. The Bertz CT molecular complexity index is 765. The van der Waals surface area contributed by atoms with Crippen LogP contribution in [-0.2, 0) is 10.2 Å².